The molecule has 10 heavy (non-hydrogen) atoms. The van der Waals surface area contributed by atoms with Crippen LogP contribution in [0, 0.1) is 0 Å². The average molecular weight is 244 g/mol. The first-order valence-corrected chi connectivity index (χ1v) is 4.40. The monoisotopic (exact) mass is 242 g/mol. The molecule has 0 heterocycles. The van der Waals surface area contributed by atoms with Gasteiger partial charge in [0.25, 0.3) is 0 Å². The number of hydrogen-bond donors (Lipinski definition) is 0. The second-order valence-electron chi connectivity index (χ2n) is 1.30. The number of halogens is 5. The van der Waals surface area contributed by atoms with Crippen molar-refractivity contribution >= 4 is 58.0 Å². The Hall–Kier alpha value is 1.19. The van der Waals surface area contributed by atoms with Crippen LogP contribution in [0.5, 0.6) is 0 Å². The highest BCUT2D eigenvalue weighted by Crippen LogP contribution is 2.23. The van der Waals surface area contributed by atoms with Gasteiger partial charge in [-0.15, -0.1) is 11.6 Å². The molecule has 0 atom stereocenters. The molecule has 0 aromatic rings. The van der Waals surface area contributed by atoms with Gasteiger partial charge in [-0.25, -0.2) is 0 Å². The van der Waals surface area contributed by atoms with Gasteiger partial charge in [-0.2, -0.15) is 0 Å². The summed E-state index contributed by atoms with van der Waals surface area (Å²) in [5.74, 6) is 0.503. The first-order valence-electron chi connectivity index (χ1n) is 2.29. The SMILES string of the molecule is CC(Cl)(Cl)Cl.Cl/C=C\CCl. The van der Waals surface area contributed by atoms with Crippen molar-refractivity contribution in [2.24, 2.45) is 0 Å². The molecule has 0 unspecified atom stereocenters. The van der Waals surface area contributed by atoms with Crippen LogP contribution in [0.15, 0.2) is 11.6 Å². The van der Waals surface area contributed by atoms with Crippen molar-refractivity contribution in [1.29, 1.82) is 0 Å². The number of alkyl halides is 4. The molecule has 0 bridgehead atoms. The topological polar surface area (TPSA) is 0 Å². The Labute approximate surface area is 86.0 Å². The summed E-state index contributed by atoms with van der Waals surface area (Å²) >= 11 is 25.3. The van der Waals surface area contributed by atoms with Crippen molar-refractivity contribution in [2.45, 2.75) is 10.7 Å². The Morgan fingerprint density at radius 2 is 1.60 bits per heavy atom. The third kappa shape index (κ3) is 60.6. The molecule has 0 rings (SSSR count). The molecule has 0 saturated carbocycles. The van der Waals surface area contributed by atoms with E-state index >= 15 is 0 Å². The van der Waals surface area contributed by atoms with Crippen molar-refractivity contribution in [1.82, 2.24) is 0 Å². The van der Waals surface area contributed by atoms with E-state index in [1.807, 2.05) is 0 Å². The fourth-order valence-corrected chi connectivity index (χ4v) is 0.303. The van der Waals surface area contributed by atoms with Gasteiger partial charge in [0.1, 0.15) is 0 Å². The molecular weight excluding hydrogens is 237 g/mol. The van der Waals surface area contributed by atoms with E-state index in [0.717, 1.165) is 0 Å². The first kappa shape index (κ1) is 13.8. The summed E-state index contributed by atoms with van der Waals surface area (Å²) in [5.41, 5.74) is 1.40. The lowest BCUT2D eigenvalue weighted by molar-refractivity contribution is 1.27. The summed E-state index contributed by atoms with van der Waals surface area (Å²) in [7, 11) is 0. The average Bonchev–Trinajstić information content (AvgIpc) is 1.63. The third-order valence-electron chi connectivity index (χ3n) is 0.178. The van der Waals surface area contributed by atoms with Crippen LogP contribution in [0.4, 0.5) is 0 Å². The fourth-order valence-electron chi connectivity index (χ4n) is 0.0337. The van der Waals surface area contributed by atoms with Crippen molar-refractivity contribution in [3.63, 3.8) is 0 Å². The zero-order valence-electron chi connectivity index (χ0n) is 5.25. The Balaban J connectivity index is 0. The second-order valence-corrected chi connectivity index (χ2v) is 4.71. The van der Waals surface area contributed by atoms with Gasteiger partial charge >= 0.3 is 0 Å². The minimum absolute atomic E-state index is 0.503. The van der Waals surface area contributed by atoms with E-state index in [1.165, 1.54) is 12.5 Å². The molecular formula is C5H7Cl5. The zero-order valence-corrected chi connectivity index (χ0v) is 9.03. The smallest absolute Gasteiger partial charge is 0.122 e. The van der Waals surface area contributed by atoms with Crippen LogP contribution in [0.25, 0.3) is 0 Å². The number of rotatable bonds is 1. The van der Waals surface area contributed by atoms with E-state index in [0.29, 0.717) is 5.88 Å². The van der Waals surface area contributed by atoms with Crippen LogP contribution < -0.4 is 0 Å². The molecule has 0 amide bonds. The van der Waals surface area contributed by atoms with Crippen LogP contribution in [0.2, 0.25) is 0 Å². The molecule has 0 N–H and O–H groups in total. The summed E-state index contributed by atoms with van der Waals surface area (Å²) in [6, 6.07) is 0. The number of hydrogen-bond acceptors (Lipinski definition) is 0. The van der Waals surface area contributed by atoms with E-state index < -0.39 is 3.79 Å². The molecule has 0 nitrogen and oxygen atoms in total. The Bertz CT molecular complexity index is 76.5. The van der Waals surface area contributed by atoms with Crippen molar-refractivity contribution in [3.8, 4) is 0 Å². The molecule has 5 heteroatoms. The summed E-state index contributed by atoms with van der Waals surface area (Å²) in [5, 5.41) is 0. The van der Waals surface area contributed by atoms with Crippen molar-refractivity contribution < 1.29 is 0 Å². The van der Waals surface area contributed by atoms with E-state index in [-0.39, 0.29) is 0 Å². The summed E-state index contributed by atoms with van der Waals surface area (Å²) in [4.78, 5) is 0. The van der Waals surface area contributed by atoms with E-state index in [2.05, 4.69) is 0 Å². The first-order chi connectivity index (χ1) is 4.41. The highest BCUT2D eigenvalue weighted by Gasteiger charge is 2.07. The molecule has 0 spiro atoms. The largest absolute Gasteiger partial charge is 0.187 e. The van der Waals surface area contributed by atoms with Crippen LogP contribution in [0.1, 0.15) is 6.92 Å². The van der Waals surface area contributed by atoms with Crippen LogP contribution in [-0.4, -0.2) is 9.67 Å². The van der Waals surface area contributed by atoms with E-state index in [4.69, 9.17) is 58.0 Å². The minimum atomic E-state index is -1.08. The summed E-state index contributed by atoms with van der Waals surface area (Å²) < 4.78 is -1.08. The Morgan fingerprint density at radius 1 is 1.30 bits per heavy atom. The molecule has 0 aliphatic carbocycles. The molecule has 0 aromatic heterocycles. The summed E-state index contributed by atoms with van der Waals surface area (Å²) in [6.45, 7) is 1.48. The summed E-state index contributed by atoms with van der Waals surface area (Å²) in [6.07, 6.45) is 1.66. The van der Waals surface area contributed by atoms with Gasteiger partial charge in [0.15, 0.2) is 3.79 Å². The number of allylic oxidation sites excluding steroid dienone is 1. The Kier molecular flexibility index (Phi) is 11.4. The predicted octanol–water partition coefficient (Wildman–Crippen LogP) is 4.35. The molecule has 0 fully saturated rings. The van der Waals surface area contributed by atoms with Gasteiger partial charge in [0, 0.05) is 11.4 Å². The lowest BCUT2D eigenvalue weighted by Crippen LogP contribution is -1.87. The quantitative estimate of drug-likeness (QED) is 0.601. The highest BCUT2D eigenvalue weighted by molar-refractivity contribution is 6.67. The lowest BCUT2D eigenvalue weighted by Gasteiger charge is -1.94. The van der Waals surface area contributed by atoms with Gasteiger partial charge in [0.05, 0.1) is 0 Å². The maximum absolute atomic E-state index is 5.13. The predicted molar refractivity (Wildman–Crippen MR) is 51.7 cm³/mol. The third-order valence-corrected chi connectivity index (χ3v) is 0.535. The lowest BCUT2D eigenvalue weighted by atomic mass is 10.8. The minimum Gasteiger partial charge on any atom is -0.122 e. The van der Waals surface area contributed by atoms with Crippen LogP contribution in [0.3, 0.4) is 0 Å². The zero-order chi connectivity index (χ0) is 8.62. The van der Waals surface area contributed by atoms with Gasteiger partial charge in [0.2, 0.25) is 0 Å². The molecule has 0 aliphatic heterocycles. The molecule has 0 aliphatic rings. The van der Waals surface area contributed by atoms with Gasteiger partial charge < -0.3 is 0 Å². The molecule has 0 radical (unpaired) electrons. The maximum Gasteiger partial charge on any atom is 0.187 e. The maximum atomic E-state index is 5.13. The normalized spacial score (nSPS) is 11.0. The van der Waals surface area contributed by atoms with Gasteiger partial charge in [-0.1, -0.05) is 52.5 Å². The van der Waals surface area contributed by atoms with E-state index in [1.54, 1.807) is 6.08 Å². The van der Waals surface area contributed by atoms with Gasteiger partial charge in [-0.3, -0.25) is 0 Å². The molecule has 62 valence electrons. The molecule has 0 aromatic carbocycles. The van der Waals surface area contributed by atoms with Crippen molar-refractivity contribution in [3.05, 3.63) is 11.6 Å². The van der Waals surface area contributed by atoms with E-state index in [9.17, 15) is 0 Å². The van der Waals surface area contributed by atoms with Crippen LogP contribution in [-0.2, 0) is 0 Å². The fraction of sp³-hybridized carbons (Fsp3) is 0.600. The standard InChI is InChI=1S/C3H4Cl2.C2H3Cl3/c4-2-1-3-5;1-2(3,4)5/h1-2H,3H2;1H3/b2-1-;. The van der Waals surface area contributed by atoms with Gasteiger partial charge in [-0.05, 0) is 6.92 Å². The second kappa shape index (κ2) is 8.29. The molecule has 0 saturated heterocycles. The highest BCUT2D eigenvalue weighted by atomic mass is 35.6. The Morgan fingerprint density at radius 3 is 1.60 bits per heavy atom. The van der Waals surface area contributed by atoms with Crippen molar-refractivity contribution in [2.75, 3.05) is 5.88 Å². The van der Waals surface area contributed by atoms with Crippen LogP contribution >= 0.6 is 58.0 Å².